The molecule has 0 aromatic heterocycles. The highest BCUT2D eigenvalue weighted by atomic mass is 16.5. The molecule has 0 unspecified atom stereocenters. The lowest BCUT2D eigenvalue weighted by Crippen LogP contribution is -2.36. The minimum absolute atomic E-state index is 0.00325. The summed E-state index contributed by atoms with van der Waals surface area (Å²) in [6.07, 6.45) is 6.48. The Bertz CT molecular complexity index is 343. The molecular weight excluding hydrogens is 284 g/mol. The van der Waals surface area contributed by atoms with Gasteiger partial charge < -0.3 is 14.6 Å². The fourth-order valence-electron chi connectivity index (χ4n) is 4.11. The van der Waals surface area contributed by atoms with Crippen LogP contribution in [0.1, 0.15) is 51.4 Å². The number of esters is 2. The van der Waals surface area contributed by atoms with E-state index < -0.39 is 0 Å². The average Bonchev–Trinajstić information content (AvgIpc) is 2.60. The first kappa shape index (κ1) is 17.3. The van der Waals surface area contributed by atoms with E-state index in [2.05, 4.69) is 0 Å². The number of carbonyl (C=O) groups excluding carboxylic acids is 2. The van der Waals surface area contributed by atoms with Gasteiger partial charge in [0.1, 0.15) is 0 Å². The van der Waals surface area contributed by atoms with Crippen LogP contribution in [0.3, 0.4) is 0 Å². The Balaban J connectivity index is 1.78. The Kier molecular flexibility index (Phi) is 6.24. The second-order valence-electron chi connectivity index (χ2n) is 6.76. The quantitative estimate of drug-likeness (QED) is 0.806. The van der Waals surface area contributed by atoms with E-state index in [4.69, 9.17) is 9.47 Å². The van der Waals surface area contributed by atoms with Crippen molar-refractivity contribution in [3.8, 4) is 0 Å². The standard InChI is InChI=1S/C17H28O5/c1-21-16(19)13-7-3-11(4-8-13)15(18)12-5-9-14(10-6-12)17(20)22-2/h11-15,18H,3-10H2,1-2H3. The molecule has 2 rings (SSSR count). The number of aliphatic hydroxyl groups excluding tert-OH is 1. The van der Waals surface area contributed by atoms with Gasteiger partial charge in [-0.15, -0.1) is 0 Å². The molecule has 126 valence electrons. The summed E-state index contributed by atoms with van der Waals surface area (Å²) < 4.78 is 9.60. The van der Waals surface area contributed by atoms with Crippen molar-refractivity contribution in [3.63, 3.8) is 0 Å². The second kappa shape index (κ2) is 7.95. The molecule has 0 amide bonds. The number of rotatable bonds is 4. The maximum atomic E-state index is 11.5. The van der Waals surface area contributed by atoms with Gasteiger partial charge in [0.15, 0.2) is 0 Å². The Morgan fingerprint density at radius 3 is 1.36 bits per heavy atom. The summed E-state index contributed by atoms with van der Waals surface area (Å²) in [7, 11) is 2.87. The van der Waals surface area contributed by atoms with Gasteiger partial charge in [-0.1, -0.05) is 0 Å². The van der Waals surface area contributed by atoms with Gasteiger partial charge in [-0.25, -0.2) is 0 Å². The molecular formula is C17H28O5. The molecule has 0 aliphatic heterocycles. The van der Waals surface area contributed by atoms with Gasteiger partial charge in [-0.05, 0) is 63.2 Å². The molecule has 5 heteroatoms. The van der Waals surface area contributed by atoms with Gasteiger partial charge in [0.25, 0.3) is 0 Å². The summed E-state index contributed by atoms with van der Waals surface area (Å²) >= 11 is 0. The van der Waals surface area contributed by atoms with Crippen molar-refractivity contribution < 1.29 is 24.2 Å². The van der Waals surface area contributed by atoms with Crippen molar-refractivity contribution in [1.29, 1.82) is 0 Å². The monoisotopic (exact) mass is 312 g/mol. The molecule has 2 aliphatic carbocycles. The highest BCUT2D eigenvalue weighted by molar-refractivity contribution is 5.72. The summed E-state index contributed by atoms with van der Waals surface area (Å²) in [5, 5.41) is 10.6. The van der Waals surface area contributed by atoms with E-state index in [0.717, 1.165) is 51.4 Å². The van der Waals surface area contributed by atoms with E-state index in [0.29, 0.717) is 0 Å². The molecule has 0 heterocycles. The highest BCUT2D eigenvalue weighted by Gasteiger charge is 2.36. The Morgan fingerprint density at radius 2 is 1.09 bits per heavy atom. The van der Waals surface area contributed by atoms with Crippen LogP contribution in [0.5, 0.6) is 0 Å². The summed E-state index contributed by atoms with van der Waals surface area (Å²) in [4.78, 5) is 23.1. The van der Waals surface area contributed by atoms with Crippen molar-refractivity contribution in [3.05, 3.63) is 0 Å². The van der Waals surface area contributed by atoms with Gasteiger partial charge in [-0.3, -0.25) is 9.59 Å². The van der Waals surface area contributed by atoms with Gasteiger partial charge in [0, 0.05) is 0 Å². The fourth-order valence-corrected chi connectivity index (χ4v) is 4.11. The number of methoxy groups -OCH3 is 2. The van der Waals surface area contributed by atoms with Gasteiger partial charge in [-0.2, -0.15) is 0 Å². The Hall–Kier alpha value is -1.10. The van der Waals surface area contributed by atoms with Gasteiger partial charge >= 0.3 is 11.9 Å². The third kappa shape index (κ3) is 4.00. The van der Waals surface area contributed by atoms with E-state index in [-0.39, 0.29) is 41.7 Å². The van der Waals surface area contributed by atoms with Crippen LogP contribution in [0.15, 0.2) is 0 Å². The normalized spacial score (nSPS) is 33.8. The zero-order valence-electron chi connectivity index (χ0n) is 13.6. The highest BCUT2D eigenvalue weighted by Crippen LogP contribution is 2.39. The predicted molar refractivity (Wildman–Crippen MR) is 80.9 cm³/mol. The number of ether oxygens (including phenoxy) is 2. The number of carbonyl (C=O) groups is 2. The Morgan fingerprint density at radius 1 is 0.773 bits per heavy atom. The van der Waals surface area contributed by atoms with E-state index in [1.165, 1.54) is 14.2 Å². The number of aliphatic hydroxyl groups is 1. The first-order valence-electron chi connectivity index (χ1n) is 8.40. The minimum Gasteiger partial charge on any atom is -0.469 e. The van der Waals surface area contributed by atoms with E-state index in [1.54, 1.807) is 0 Å². The molecule has 0 spiro atoms. The van der Waals surface area contributed by atoms with Crippen LogP contribution >= 0.6 is 0 Å². The van der Waals surface area contributed by atoms with Crippen LogP contribution in [-0.4, -0.2) is 37.4 Å². The first-order valence-corrected chi connectivity index (χ1v) is 8.40. The number of hydrogen-bond acceptors (Lipinski definition) is 5. The third-order valence-corrected chi connectivity index (χ3v) is 5.58. The molecule has 2 fully saturated rings. The van der Waals surface area contributed by atoms with Crippen molar-refractivity contribution >= 4 is 11.9 Å². The molecule has 0 atom stereocenters. The third-order valence-electron chi connectivity index (χ3n) is 5.58. The second-order valence-corrected chi connectivity index (χ2v) is 6.76. The lowest BCUT2D eigenvalue weighted by Gasteiger charge is -2.37. The molecule has 1 N–H and O–H groups in total. The first-order chi connectivity index (χ1) is 10.6. The molecule has 22 heavy (non-hydrogen) atoms. The fraction of sp³-hybridized carbons (Fsp3) is 0.882. The van der Waals surface area contributed by atoms with Crippen molar-refractivity contribution in [2.24, 2.45) is 23.7 Å². The van der Waals surface area contributed by atoms with E-state index in [1.807, 2.05) is 0 Å². The van der Waals surface area contributed by atoms with Crippen molar-refractivity contribution in [2.75, 3.05) is 14.2 Å². The van der Waals surface area contributed by atoms with Gasteiger partial charge in [0.2, 0.25) is 0 Å². The van der Waals surface area contributed by atoms with E-state index in [9.17, 15) is 14.7 Å². The predicted octanol–water partition coefficient (Wildman–Crippen LogP) is 2.31. The van der Waals surface area contributed by atoms with Crippen LogP contribution in [-0.2, 0) is 19.1 Å². The maximum Gasteiger partial charge on any atom is 0.308 e. The molecule has 2 saturated carbocycles. The Labute approximate surface area is 132 Å². The molecule has 0 bridgehead atoms. The maximum absolute atomic E-state index is 11.5. The number of hydrogen-bond donors (Lipinski definition) is 1. The molecule has 5 nitrogen and oxygen atoms in total. The molecule has 0 aromatic rings. The molecule has 0 saturated heterocycles. The average molecular weight is 312 g/mol. The van der Waals surface area contributed by atoms with Crippen LogP contribution in [0.25, 0.3) is 0 Å². The van der Waals surface area contributed by atoms with Crippen LogP contribution < -0.4 is 0 Å². The zero-order valence-corrected chi connectivity index (χ0v) is 13.6. The lowest BCUT2D eigenvalue weighted by atomic mass is 9.71. The van der Waals surface area contributed by atoms with Crippen LogP contribution in [0.4, 0.5) is 0 Å². The molecule has 2 aliphatic rings. The van der Waals surface area contributed by atoms with Gasteiger partial charge in [0.05, 0.1) is 32.2 Å². The summed E-state index contributed by atoms with van der Waals surface area (Å²) in [5.41, 5.74) is 0. The minimum atomic E-state index is -0.308. The largest absolute Gasteiger partial charge is 0.469 e. The molecule has 0 aromatic carbocycles. The zero-order chi connectivity index (χ0) is 16.1. The van der Waals surface area contributed by atoms with Crippen molar-refractivity contribution in [1.82, 2.24) is 0 Å². The lowest BCUT2D eigenvalue weighted by molar-refractivity contribution is -0.147. The summed E-state index contributed by atoms with van der Waals surface area (Å²) in [6, 6.07) is 0. The van der Waals surface area contributed by atoms with Crippen LogP contribution in [0, 0.1) is 23.7 Å². The SMILES string of the molecule is COC(=O)C1CCC(C(O)C2CCC(C(=O)OC)CC2)CC1. The van der Waals surface area contributed by atoms with Crippen LogP contribution in [0.2, 0.25) is 0 Å². The summed E-state index contributed by atoms with van der Waals surface area (Å²) in [5.74, 6) is 0.325. The van der Waals surface area contributed by atoms with Crippen molar-refractivity contribution in [2.45, 2.75) is 57.5 Å². The smallest absolute Gasteiger partial charge is 0.308 e. The molecule has 0 radical (unpaired) electrons. The topological polar surface area (TPSA) is 72.8 Å². The van der Waals surface area contributed by atoms with E-state index >= 15 is 0 Å². The summed E-state index contributed by atoms with van der Waals surface area (Å²) in [6.45, 7) is 0.